The van der Waals surface area contributed by atoms with Crippen molar-refractivity contribution in [3.8, 4) is 0 Å². The van der Waals surface area contributed by atoms with Gasteiger partial charge in [-0.25, -0.2) is 4.79 Å². The molecule has 128 valence electrons. The number of urea groups is 1. The first kappa shape index (κ1) is 17.9. The van der Waals surface area contributed by atoms with Crippen molar-refractivity contribution in [1.82, 2.24) is 20.4 Å². The second-order valence-corrected chi connectivity index (χ2v) is 6.76. The van der Waals surface area contributed by atoms with Gasteiger partial charge in [0.15, 0.2) is 0 Å². The van der Waals surface area contributed by atoms with Crippen molar-refractivity contribution >= 4 is 23.3 Å². The highest BCUT2D eigenvalue weighted by Crippen LogP contribution is 2.12. The summed E-state index contributed by atoms with van der Waals surface area (Å²) in [5.74, 6) is -0.233. The summed E-state index contributed by atoms with van der Waals surface area (Å²) in [6.07, 6.45) is 1.09. The average Bonchev–Trinajstić information content (AvgIpc) is 3.06. The number of carbonyl (C=O) groups is 2. The Morgan fingerprint density at radius 2 is 2.04 bits per heavy atom. The first-order chi connectivity index (χ1) is 11.1. The summed E-state index contributed by atoms with van der Waals surface area (Å²) in [7, 11) is 0. The molecule has 0 spiro atoms. The molecule has 1 aromatic heterocycles. The third kappa shape index (κ3) is 5.60. The molecule has 0 radical (unpaired) electrons. The van der Waals surface area contributed by atoms with Gasteiger partial charge in [-0.05, 0) is 31.7 Å². The van der Waals surface area contributed by atoms with Crippen LogP contribution >= 0.6 is 11.3 Å². The lowest BCUT2D eigenvalue weighted by molar-refractivity contribution is -0.125. The standard InChI is InChI=1S/C16H26N4O2S/c1-3-17-16(22)18-15(21)13(2)20-10-8-19(9-11-20)7-6-14-5-4-12-23-14/h4-5,12-13H,3,6-11H2,1-2H3,(H2,17,18,21,22)/t13-/m1/s1. The van der Waals surface area contributed by atoms with Crippen molar-refractivity contribution in [3.63, 3.8) is 0 Å². The normalized spacial score (nSPS) is 17.7. The van der Waals surface area contributed by atoms with Crippen molar-refractivity contribution in [2.24, 2.45) is 0 Å². The summed E-state index contributed by atoms with van der Waals surface area (Å²) in [5.41, 5.74) is 0. The number of carbonyl (C=O) groups excluding carboxylic acids is 2. The first-order valence-corrected chi connectivity index (χ1v) is 9.05. The van der Waals surface area contributed by atoms with E-state index in [0.717, 1.165) is 39.1 Å². The number of hydrogen-bond acceptors (Lipinski definition) is 5. The Bertz CT molecular complexity index is 498. The topological polar surface area (TPSA) is 64.7 Å². The maximum atomic E-state index is 12.1. The molecule has 0 saturated carbocycles. The minimum atomic E-state index is -0.418. The first-order valence-electron chi connectivity index (χ1n) is 8.17. The van der Waals surface area contributed by atoms with E-state index in [1.807, 2.05) is 13.8 Å². The van der Waals surface area contributed by atoms with Crippen LogP contribution in [-0.4, -0.2) is 67.0 Å². The van der Waals surface area contributed by atoms with E-state index in [1.54, 1.807) is 11.3 Å². The van der Waals surface area contributed by atoms with Gasteiger partial charge in [-0.2, -0.15) is 0 Å². The van der Waals surface area contributed by atoms with Gasteiger partial charge in [0, 0.05) is 44.1 Å². The second-order valence-electron chi connectivity index (χ2n) is 5.73. The minimum Gasteiger partial charge on any atom is -0.338 e. The largest absolute Gasteiger partial charge is 0.338 e. The molecule has 0 bridgehead atoms. The number of amides is 3. The van der Waals surface area contributed by atoms with Gasteiger partial charge in [0.05, 0.1) is 6.04 Å². The van der Waals surface area contributed by atoms with Gasteiger partial charge in [0.25, 0.3) is 0 Å². The van der Waals surface area contributed by atoms with Crippen LogP contribution in [0.3, 0.4) is 0 Å². The molecule has 2 heterocycles. The lowest BCUT2D eigenvalue weighted by Gasteiger charge is -2.37. The summed E-state index contributed by atoms with van der Waals surface area (Å²) in [4.78, 5) is 29.5. The lowest BCUT2D eigenvalue weighted by Crippen LogP contribution is -2.55. The molecule has 3 amide bonds. The van der Waals surface area contributed by atoms with Crippen LogP contribution in [0.5, 0.6) is 0 Å². The van der Waals surface area contributed by atoms with E-state index in [9.17, 15) is 9.59 Å². The number of piperazine rings is 1. The van der Waals surface area contributed by atoms with Gasteiger partial charge in [-0.3, -0.25) is 15.0 Å². The van der Waals surface area contributed by atoms with Crippen molar-refractivity contribution in [3.05, 3.63) is 22.4 Å². The maximum Gasteiger partial charge on any atom is 0.321 e. The number of imide groups is 1. The number of rotatable bonds is 6. The third-order valence-electron chi connectivity index (χ3n) is 4.16. The number of nitrogens with one attached hydrogen (secondary N) is 2. The lowest BCUT2D eigenvalue weighted by atomic mass is 10.2. The van der Waals surface area contributed by atoms with E-state index < -0.39 is 6.03 Å². The van der Waals surface area contributed by atoms with E-state index in [0.29, 0.717) is 6.54 Å². The van der Waals surface area contributed by atoms with E-state index >= 15 is 0 Å². The fourth-order valence-corrected chi connectivity index (χ4v) is 3.38. The molecule has 1 aromatic rings. The molecule has 0 unspecified atom stereocenters. The molecule has 6 nitrogen and oxygen atoms in total. The molecule has 2 N–H and O–H groups in total. The van der Waals surface area contributed by atoms with Crippen molar-refractivity contribution in [1.29, 1.82) is 0 Å². The monoisotopic (exact) mass is 338 g/mol. The van der Waals surface area contributed by atoms with Crippen molar-refractivity contribution < 1.29 is 9.59 Å². The maximum absolute atomic E-state index is 12.1. The van der Waals surface area contributed by atoms with Crippen LogP contribution in [0.25, 0.3) is 0 Å². The molecule has 1 fully saturated rings. The second kappa shape index (κ2) is 9.00. The van der Waals surface area contributed by atoms with Crippen LogP contribution in [0.1, 0.15) is 18.7 Å². The van der Waals surface area contributed by atoms with E-state index in [-0.39, 0.29) is 11.9 Å². The molecule has 1 aliphatic heterocycles. The van der Waals surface area contributed by atoms with Crippen molar-refractivity contribution in [2.45, 2.75) is 26.3 Å². The number of nitrogens with zero attached hydrogens (tertiary/aromatic N) is 2. The van der Waals surface area contributed by atoms with Crippen LogP contribution < -0.4 is 10.6 Å². The zero-order valence-electron chi connectivity index (χ0n) is 13.9. The SMILES string of the molecule is CCNC(=O)NC(=O)[C@@H](C)N1CCN(CCc2cccs2)CC1. The Morgan fingerprint density at radius 1 is 1.30 bits per heavy atom. The number of hydrogen-bond donors (Lipinski definition) is 2. The highest BCUT2D eigenvalue weighted by Gasteiger charge is 2.26. The van der Waals surface area contributed by atoms with E-state index in [1.165, 1.54) is 4.88 Å². The highest BCUT2D eigenvalue weighted by atomic mass is 32.1. The van der Waals surface area contributed by atoms with Crippen LogP contribution in [0.15, 0.2) is 17.5 Å². The summed E-state index contributed by atoms with van der Waals surface area (Å²) in [5, 5.41) is 7.08. The smallest absolute Gasteiger partial charge is 0.321 e. The molecule has 0 aromatic carbocycles. The summed E-state index contributed by atoms with van der Waals surface area (Å²) < 4.78 is 0. The van der Waals surface area contributed by atoms with E-state index in [2.05, 4.69) is 37.9 Å². The van der Waals surface area contributed by atoms with Crippen molar-refractivity contribution in [2.75, 3.05) is 39.3 Å². The molecule has 1 atom stereocenters. The fraction of sp³-hybridized carbons (Fsp3) is 0.625. The molecular weight excluding hydrogens is 312 g/mol. The molecule has 1 aliphatic rings. The minimum absolute atomic E-state index is 0.233. The van der Waals surface area contributed by atoms with Gasteiger partial charge in [0.2, 0.25) is 5.91 Å². The van der Waals surface area contributed by atoms with Gasteiger partial charge in [-0.1, -0.05) is 6.07 Å². The predicted octanol–water partition coefficient (Wildman–Crippen LogP) is 1.14. The molecular formula is C16H26N4O2S. The molecule has 23 heavy (non-hydrogen) atoms. The van der Waals surface area contributed by atoms with Gasteiger partial charge >= 0.3 is 6.03 Å². The fourth-order valence-electron chi connectivity index (χ4n) is 2.68. The van der Waals surface area contributed by atoms with Crippen LogP contribution in [0.2, 0.25) is 0 Å². The highest BCUT2D eigenvalue weighted by molar-refractivity contribution is 7.09. The van der Waals surface area contributed by atoms with Crippen LogP contribution in [-0.2, 0) is 11.2 Å². The Kier molecular flexibility index (Phi) is 7.01. The van der Waals surface area contributed by atoms with E-state index in [4.69, 9.17) is 0 Å². The zero-order valence-corrected chi connectivity index (χ0v) is 14.7. The molecule has 0 aliphatic carbocycles. The van der Waals surface area contributed by atoms with Gasteiger partial charge in [0.1, 0.15) is 0 Å². The van der Waals surface area contributed by atoms with Gasteiger partial charge in [-0.15, -0.1) is 11.3 Å². The van der Waals surface area contributed by atoms with Crippen LogP contribution in [0.4, 0.5) is 4.79 Å². The summed E-state index contributed by atoms with van der Waals surface area (Å²) >= 11 is 1.80. The summed E-state index contributed by atoms with van der Waals surface area (Å²) in [6, 6.07) is 3.57. The predicted molar refractivity (Wildman–Crippen MR) is 92.7 cm³/mol. The van der Waals surface area contributed by atoms with Gasteiger partial charge < -0.3 is 10.2 Å². The Hall–Kier alpha value is -1.44. The Labute approximate surface area is 141 Å². The molecule has 1 saturated heterocycles. The zero-order chi connectivity index (χ0) is 16.7. The van der Waals surface area contributed by atoms with Crippen LogP contribution in [0, 0.1) is 0 Å². The Balaban J connectivity index is 1.70. The third-order valence-corrected chi connectivity index (χ3v) is 5.10. The average molecular weight is 338 g/mol. The molecule has 7 heteroatoms. The Morgan fingerprint density at radius 3 is 2.65 bits per heavy atom. The molecule has 2 rings (SSSR count). The number of thiophene rings is 1. The quantitative estimate of drug-likeness (QED) is 0.816. The summed E-state index contributed by atoms with van der Waals surface area (Å²) in [6.45, 7) is 8.89.